The zero-order valence-electron chi connectivity index (χ0n) is 11.3. The standard InChI is InChI=1S/C14H23N3O/c1-3-5-9-16-14(18)17(4-2)11-12-7-6-8-13(15)10-12/h6-8,10H,3-5,9,11,15H2,1-2H3,(H,16,18). The van der Waals surface area contributed by atoms with Crippen molar-refractivity contribution in [3.05, 3.63) is 29.8 Å². The Labute approximate surface area is 109 Å². The third kappa shape index (κ3) is 4.65. The molecule has 0 saturated carbocycles. The van der Waals surface area contributed by atoms with Crippen LogP contribution in [0.15, 0.2) is 24.3 Å². The van der Waals surface area contributed by atoms with E-state index in [2.05, 4.69) is 12.2 Å². The maximum Gasteiger partial charge on any atom is 0.317 e. The van der Waals surface area contributed by atoms with E-state index >= 15 is 0 Å². The Kier molecular flexibility index (Phi) is 6.05. The molecule has 0 aliphatic rings. The first kappa shape index (κ1) is 14.4. The fourth-order valence-corrected chi connectivity index (χ4v) is 1.72. The number of nitrogens with zero attached hydrogens (tertiary/aromatic N) is 1. The van der Waals surface area contributed by atoms with Crippen molar-refractivity contribution in [2.45, 2.75) is 33.2 Å². The Morgan fingerprint density at radius 3 is 2.78 bits per heavy atom. The first-order valence-electron chi connectivity index (χ1n) is 6.54. The second-order valence-electron chi connectivity index (χ2n) is 4.34. The highest BCUT2D eigenvalue weighted by molar-refractivity contribution is 5.74. The number of hydrogen-bond donors (Lipinski definition) is 2. The number of benzene rings is 1. The van der Waals surface area contributed by atoms with E-state index in [0.29, 0.717) is 13.1 Å². The van der Waals surface area contributed by atoms with Gasteiger partial charge in [0.2, 0.25) is 0 Å². The summed E-state index contributed by atoms with van der Waals surface area (Å²) in [6.07, 6.45) is 2.10. The minimum atomic E-state index is -0.00613. The summed E-state index contributed by atoms with van der Waals surface area (Å²) in [5.41, 5.74) is 7.52. The molecule has 1 rings (SSSR count). The average molecular weight is 249 g/mol. The van der Waals surface area contributed by atoms with Crippen LogP contribution in [-0.4, -0.2) is 24.0 Å². The molecule has 0 spiro atoms. The van der Waals surface area contributed by atoms with Crippen molar-refractivity contribution in [2.24, 2.45) is 0 Å². The summed E-state index contributed by atoms with van der Waals surface area (Å²) in [4.78, 5) is 13.7. The predicted octanol–water partition coefficient (Wildman–Crippen LogP) is 2.60. The second-order valence-corrected chi connectivity index (χ2v) is 4.34. The lowest BCUT2D eigenvalue weighted by Crippen LogP contribution is -2.39. The molecular formula is C14H23N3O. The van der Waals surface area contributed by atoms with E-state index in [1.165, 1.54) is 0 Å². The summed E-state index contributed by atoms with van der Waals surface area (Å²) >= 11 is 0. The summed E-state index contributed by atoms with van der Waals surface area (Å²) in [7, 11) is 0. The highest BCUT2D eigenvalue weighted by Gasteiger charge is 2.11. The van der Waals surface area contributed by atoms with E-state index in [1.807, 2.05) is 31.2 Å². The molecule has 0 fully saturated rings. The lowest BCUT2D eigenvalue weighted by molar-refractivity contribution is 0.198. The van der Waals surface area contributed by atoms with Gasteiger partial charge in [-0.1, -0.05) is 25.5 Å². The molecule has 0 saturated heterocycles. The quantitative estimate of drug-likeness (QED) is 0.601. The molecular weight excluding hydrogens is 226 g/mol. The van der Waals surface area contributed by atoms with Crippen molar-refractivity contribution in [1.29, 1.82) is 0 Å². The fourth-order valence-electron chi connectivity index (χ4n) is 1.72. The molecule has 100 valence electrons. The highest BCUT2D eigenvalue weighted by Crippen LogP contribution is 2.09. The summed E-state index contributed by atoms with van der Waals surface area (Å²) in [5.74, 6) is 0. The Morgan fingerprint density at radius 2 is 2.17 bits per heavy atom. The third-order valence-electron chi connectivity index (χ3n) is 2.80. The van der Waals surface area contributed by atoms with Crippen LogP contribution < -0.4 is 11.1 Å². The Balaban J connectivity index is 2.53. The molecule has 0 heterocycles. The van der Waals surface area contributed by atoms with Crippen molar-refractivity contribution in [1.82, 2.24) is 10.2 Å². The molecule has 0 radical (unpaired) electrons. The number of rotatable bonds is 6. The van der Waals surface area contributed by atoms with Gasteiger partial charge in [0.15, 0.2) is 0 Å². The molecule has 0 aliphatic heterocycles. The number of carbonyl (C=O) groups excluding carboxylic acids is 1. The van der Waals surface area contributed by atoms with Gasteiger partial charge in [-0.3, -0.25) is 0 Å². The summed E-state index contributed by atoms with van der Waals surface area (Å²) < 4.78 is 0. The number of carbonyl (C=O) groups is 1. The minimum Gasteiger partial charge on any atom is -0.399 e. The SMILES string of the molecule is CCCCNC(=O)N(CC)Cc1cccc(N)c1. The van der Waals surface area contributed by atoms with Gasteiger partial charge in [0, 0.05) is 25.3 Å². The zero-order chi connectivity index (χ0) is 13.4. The van der Waals surface area contributed by atoms with E-state index in [0.717, 1.165) is 30.6 Å². The van der Waals surface area contributed by atoms with Gasteiger partial charge in [-0.15, -0.1) is 0 Å². The molecule has 1 aromatic carbocycles. The maximum atomic E-state index is 11.9. The van der Waals surface area contributed by atoms with Crippen LogP contribution in [0.4, 0.5) is 10.5 Å². The van der Waals surface area contributed by atoms with E-state index in [-0.39, 0.29) is 6.03 Å². The number of nitrogens with one attached hydrogen (secondary N) is 1. The smallest absolute Gasteiger partial charge is 0.317 e. The monoisotopic (exact) mass is 249 g/mol. The van der Waals surface area contributed by atoms with Gasteiger partial charge in [0.05, 0.1) is 0 Å². The second kappa shape index (κ2) is 7.58. The van der Waals surface area contributed by atoms with E-state index in [9.17, 15) is 4.79 Å². The molecule has 0 aliphatic carbocycles. The topological polar surface area (TPSA) is 58.4 Å². The Bertz CT molecular complexity index is 379. The normalized spacial score (nSPS) is 10.1. The van der Waals surface area contributed by atoms with Crippen LogP contribution in [0.3, 0.4) is 0 Å². The number of nitrogens with two attached hydrogens (primary N) is 1. The molecule has 4 nitrogen and oxygen atoms in total. The summed E-state index contributed by atoms with van der Waals surface area (Å²) in [6, 6.07) is 7.64. The van der Waals surface area contributed by atoms with Gasteiger partial charge in [0.1, 0.15) is 0 Å². The highest BCUT2D eigenvalue weighted by atomic mass is 16.2. The molecule has 1 aromatic rings. The minimum absolute atomic E-state index is 0.00613. The summed E-state index contributed by atoms with van der Waals surface area (Å²) in [6.45, 7) is 6.11. The van der Waals surface area contributed by atoms with Crippen LogP contribution in [0, 0.1) is 0 Å². The van der Waals surface area contributed by atoms with Crippen LogP contribution in [-0.2, 0) is 6.54 Å². The number of unbranched alkanes of at least 4 members (excludes halogenated alkanes) is 1. The van der Waals surface area contributed by atoms with Crippen molar-refractivity contribution in [3.63, 3.8) is 0 Å². The van der Waals surface area contributed by atoms with Crippen molar-refractivity contribution in [3.8, 4) is 0 Å². The molecule has 3 N–H and O–H groups in total. The van der Waals surface area contributed by atoms with Crippen molar-refractivity contribution >= 4 is 11.7 Å². The summed E-state index contributed by atoms with van der Waals surface area (Å²) in [5, 5.41) is 2.93. The van der Waals surface area contributed by atoms with Crippen LogP contribution in [0.1, 0.15) is 32.3 Å². The van der Waals surface area contributed by atoms with Crippen LogP contribution in [0.2, 0.25) is 0 Å². The lowest BCUT2D eigenvalue weighted by Gasteiger charge is -2.21. The van der Waals surface area contributed by atoms with Crippen molar-refractivity contribution < 1.29 is 4.79 Å². The maximum absolute atomic E-state index is 11.9. The molecule has 0 bridgehead atoms. The van der Waals surface area contributed by atoms with Crippen LogP contribution >= 0.6 is 0 Å². The number of hydrogen-bond acceptors (Lipinski definition) is 2. The first-order chi connectivity index (χ1) is 8.67. The lowest BCUT2D eigenvalue weighted by atomic mass is 10.2. The molecule has 2 amide bonds. The van der Waals surface area contributed by atoms with E-state index in [4.69, 9.17) is 5.73 Å². The predicted molar refractivity (Wildman–Crippen MR) is 75.2 cm³/mol. The van der Waals surface area contributed by atoms with Gasteiger partial charge < -0.3 is 16.0 Å². The number of nitrogen functional groups attached to an aromatic ring is 1. The number of amides is 2. The largest absolute Gasteiger partial charge is 0.399 e. The Hall–Kier alpha value is -1.71. The molecule has 18 heavy (non-hydrogen) atoms. The average Bonchev–Trinajstić information content (AvgIpc) is 2.36. The third-order valence-corrected chi connectivity index (χ3v) is 2.80. The van der Waals surface area contributed by atoms with Gasteiger partial charge in [-0.25, -0.2) is 4.79 Å². The molecule has 0 atom stereocenters. The fraction of sp³-hybridized carbons (Fsp3) is 0.500. The molecule has 4 heteroatoms. The van der Waals surface area contributed by atoms with Gasteiger partial charge in [0.25, 0.3) is 0 Å². The Morgan fingerprint density at radius 1 is 1.39 bits per heavy atom. The number of urea groups is 1. The van der Waals surface area contributed by atoms with Crippen LogP contribution in [0.5, 0.6) is 0 Å². The van der Waals surface area contributed by atoms with Gasteiger partial charge >= 0.3 is 6.03 Å². The van der Waals surface area contributed by atoms with Crippen molar-refractivity contribution in [2.75, 3.05) is 18.8 Å². The van der Waals surface area contributed by atoms with Gasteiger partial charge in [-0.2, -0.15) is 0 Å². The zero-order valence-corrected chi connectivity index (χ0v) is 11.3. The molecule has 0 aromatic heterocycles. The van der Waals surface area contributed by atoms with E-state index < -0.39 is 0 Å². The van der Waals surface area contributed by atoms with E-state index in [1.54, 1.807) is 4.90 Å². The number of anilines is 1. The molecule has 0 unspecified atom stereocenters. The van der Waals surface area contributed by atoms with Crippen LogP contribution in [0.25, 0.3) is 0 Å². The van der Waals surface area contributed by atoms with Gasteiger partial charge in [-0.05, 0) is 31.0 Å². The first-order valence-corrected chi connectivity index (χ1v) is 6.54.